The lowest BCUT2D eigenvalue weighted by Crippen LogP contribution is -2.23. The lowest BCUT2D eigenvalue weighted by Gasteiger charge is -2.07. The molecule has 3 rings (SSSR count). The van der Waals surface area contributed by atoms with E-state index in [1.165, 1.54) is 18.3 Å². The first kappa shape index (κ1) is 22.5. The number of thiazole rings is 1. The van der Waals surface area contributed by atoms with Crippen LogP contribution in [0.4, 0.5) is 11.4 Å². The molecule has 0 radical (unpaired) electrons. The molecule has 10 nitrogen and oxygen atoms in total. The van der Waals surface area contributed by atoms with E-state index in [1.54, 1.807) is 6.92 Å². The lowest BCUT2D eigenvalue weighted by molar-refractivity contribution is -0.395. The molecule has 0 atom stereocenters. The van der Waals surface area contributed by atoms with Gasteiger partial charge in [-0.1, -0.05) is 24.3 Å². The molecule has 1 heterocycles. The van der Waals surface area contributed by atoms with Gasteiger partial charge in [-0.25, -0.2) is 18.1 Å². The number of nitro benzene ring substituents is 2. The van der Waals surface area contributed by atoms with Gasteiger partial charge in [-0.05, 0) is 26.3 Å². The Bertz CT molecular complexity index is 1270. The monoisotopic (exact) mass is 462 g/mol. The number of hydrogen-bond acceptors (Lipinski definition) is 8. The largest absolute Gasteiger partial charge is 0.280 e. The van der Waals surface area contributed by atoms with E-state index in [0.717, 1.165) is 28.3 Å². The Morgan fingerprint density at radius 3 is 2.16 bits per heavy atom. The second-order valence-electron chi connectivity index (χ2n) is 6.77. The highest BCUT2D eigenvalue weighted by Gasteiger charge is 2.28. The number of nitrogens with one attached hydrogen (secondary N) is 1. The van der Waals surface area contributed by atoms with Crippen molar-refractivity contribution in [3.8, 4) is 10.6 Å². The molecule has 0 aliphatic carbocycles. The van der Waals surface area contributed by atoms with E-state index in [2.05, 4.69) is 9.71 Å². The minimum absolute atomic E-state index is 0.104. The van der Waals surface area contributed by atoms with E-state index >= 15 is 0 Å². The third kappa shape index (κ3) is 4.60. The molecule has 0 saturated heterocycles. The van der Waals surface area contributed by atoms with E-state index < -0.39 is 36.1 Å². The molecule has 0 saturated carbocycles. The molecule has 0 amide bonds. The number of nitro groups is 2. The molecule has 162 valence electrons. The third-order valence-electron chi connectivity index (χ3n) is 4.72. The van der Waals surface area contributed by atoms with Crippen molar-refractivity contribution >= 4 is 32.7 Å². The summed E-state index contributed by atoms with van der Waals surface area (Å²) >= 11 is 1.33. The van der Waals surface area contributed by atoms with Crippen LogP contribution in [0.15, 0.2) is 41.3 Å². The molecule has 1 aromatic heterocycles. The van der Waals surface area contributed by atoms with Gasteiger partial charge in [0.15, 0.2) is 0 Å². The van der Waals surface area contributed by atoms with Crippen molar-refractivity contribution in [1.82, 2.24) is 9.71 Å². The van der Waals surface area contributed by atoms with E-state index in [9.17, 15) is 28.6 Å². The zero-order valence-corrected chi connectivity index (χ0v) is 18.4. The maximum atomic E-state index is 12.7. The van der Waals surface area contributed by atoms with E-state index in [0.29, 0.717) is 10.6 Å². The van der Waals surface area contributed by atoms with Crippen molar-refractivity contribution in [2.24, 2.45) is 0 Å². The second kappa shape index (κ2) is 8.49. The van der Waals surface area contributed by atoms with Crippen LogP contribution < -0.4 is 4.72 Å². The van der Waals surface area contributed by atoms with Gasteiger partial charge in [0.2, 0.25) is 10.0 Å². The van der Waals surface area contributed by atoms with Gasteiger partial charge < -0.3 is 0 Å². The summed E-state index contributed by atoms with van der Waals surface area (Å²) < 4.78 is 27.8. The van der Waals surface area contributed by atoms with Crippen LogP contribution in [0.25, 0.3) is 10.6 Å². The fourth-order valence-electron chi connectivity index (χ4n) is 2.96. The molecule has 3 aromatic rings. The fourth-order valence-corrected chi connectivity index (χ4v) is 5.18. The number of hydrogen-bond donors (Lipinski definition) is 1. The van der Waals surface area contributed by atoms with E-state index in [-0.39, 0.29) is 12.1 Å². The van der Waals surface area contributed by atoms with Crippen LogP contribution in [-0.4, -0.2) is 23.2 Å². The van der Waals surface area contributed by atoms with Crippen molar-refractivity contribution in [2.45, 2.75) is 32.2 Å². The van der Waals surface area contributed by atoms with Crippen LogP contribution >= 0.6 is 11.3 Å². The van der Waals surface area contributed by atoms with Crippen LogP contribution in [-0.2, 0) is 16.6 Å². The molecule has 0 aliphatic heterocycles. The Kier molecular flexibility index (Phi) is 6.15. The first-order chi connectivity index (χ1) is 14.5. The average Bonchev–Trinajstić information content (AvgIpc) is 3.06. The molecule has 0 fully saturated rings. The summed E-state index contributed by atoms with van der Waals surface area (Å²) in [5, 5.41) is 23.2. The highest BCUT2D eigenvalue weighted by Crippen LogP contribution is 2.32. The summed E-state index contributed by atoms with van der Waals surface area (Å²) in [7, 11) is -4.25. The van der Waals surface area contributed by atoms with Crippen molar-refractivity contribution in [2.75, 3.05) is 0 Å². The highest BCUT2D eigenvalue weighted by molar-refractivity contribution is 7.89. The molecule has 1 N–H and O–H groups in total. The van der Waals surface area contributed by atoms with E-state index in [1.807, 2.05) is 31.2 Å². The number of nitrogens with zero attached hydrogens (tertiary/aromatic N) is 3. The summed E-state index contributed by atoms with van der Waals surface area (Å²) in [4.78, 5) is 25.4. The number of benzene rings is 2. The first-order valence-corrected chi connectivity index (χ1v) is 11.3. The number of aryl methyl sites for hydroxylation is 2. The van der Waals surface area contributed by atoms with Crippen molar-refractivity contribution in [3.63, 3.8) is 0 Å². The van der Waals surface area contributed by atoms with Crippen LogP contribution in [0.2, 0.25) is 0 Å². The summed E-state index contributed by atoms with van der Waals surface area (Å²) in [5.41, 5.74) is 1.13. The number of aromatic nitrogens is 1. The van der Waals surface area contributed by atoms with Gasteiger partial charge >= 0.3 is 0 Å². The van der Waals surface area contributed by atoms with Gasteiger partial charge in [0.25, 0.3) is 11.4 Å². The van der Waals surface area contributed by atoms with Crippen molar-refractivity contribution < 1.29 is 18.3 Å². The maximum Gasteiger partial charge on any atom is 0.280 e. The smallest absolute Gasteiger partial charge is 0.258 e. The summed E-state index contributed by atoms with van der Waals surface area (Å²) in [5.74, 6) is 0. The Labute approximate surface area is 181 Å². The topological polar surface area (TPSA) is 145 Å². The minimum atomic E-state index is -4.25. The first-order valence-electron chi connectivity index (χ1n) is 8.96. The van der Waals surface area contributed by atoms with Gasteiger partial charge in [-0.2, -0.15) is 0 Å². The second-order valence-corrected chi connectivity index (χ2v) is 9.62. The van der Waals surface area contributed by atoms with E-state index in [4.69, 9.17) is 0 Å². The molecule has 0 spiro atoms. The third-order valence-corrected chi connectivity index (χ3v) is 7.29. The van der Waals surface area contributed by atoms with Crippen molar-refractivity contribution in [3.05, 3.63) is 78.3 Å². The SMILES string of the molecule is Cc1ccccc1-c1nc(C)c(CNS(=O)(=O)c2cc([N+](=O)[O-])c(C)c([N+](=O)[O-])c2)s1. The maximum absolute atomic E-state index is 12.7. The zero-order valence-electron chi connectivity index (χ0n) is 16.8. The normalized spacial score (nSPS) is 11.5. The Morgan fingerprint density at radius 2 is 1.61 bits per heavy atom. The highest BCUT2D eigenvalue weighted by atomic mass is 32.2. The standard InChI is InChI=1S/C19H18N4O6S2/c1-11-6-4-5-7-15(11)19-21-13(3)18(30-19)10-20-31(28,29)14-8-16(22(24)25)12(2)17(9-14)23(26)27/h4-9,20H,10H2,1-3H3. The predicted octanol–water partition coefficient (Wildman–Crippen LogP) is 4.03. The van der Waals surface area contributed by atoms with Gasteiger partial charge in [-0.15, -0.1) is 11.3 Å². The molecule has 0 aliphatic rings. The van der Waals surface area contributed by atoms with Crippen LogP contribution in [0.5, 0.6) is 0 Å². The number of rotatable bonds is 7. The zero-order chi connectivity index (χ0) is 22.9. The number of sulfonamides is 1. The molecule has 0 unspecified atom stereocenters. The van der Waals surface area contributed by atoms with Gasteiger partial charge in [0.05, 0.1) is 20.4 Å². The Balaban J connectivity index is 1.92. The summed E-state index contributed by atoms with van der Waals surface area (Å²) in [6.07, 6.45) is 0. The molecular weight excluding hydrogens is 444 g/mol. The predicted molar refractivity (Wildman–Crippen MR) is 116 cm³/mol. The minimum Gasteiger partial charge on any atom is -0.258 e. The Hall–Kier alpha value is -3.22. The van der Waals surface area contributed by atoms with Crippen LogP contribution in [0, 0.1) is 41.0 Å². The van der Waals surface area contributed by atoms with Crippen LogP contribution in [0.3, 0.4) is 0 Å². The van der Waals surface area contributed by atoms with Gasteiger partial charge in [0, 0.05) is 29.1 Å². The summed E-state index contributed by atoms with van der Waals surface area (Å²) in [6, 6.07) is 9.32. The fraction of sp³-hybridized carbons (Fsp3) is 0.211. The lowest BCUT2D eigenvalue weighted by atomic mass is 10.1. The van der Waals surface area contributed by atoms with Crippen LogP contribution in [0.1, 0.15) is 21.7 Å². The van der Waals surface area contributed by atoms with Crippen molar-refractivity contribution in [1.29, 1.82) is 0 Å². The average molecular weight is 463 g/mol. The molecule has 31 heavy (non-hydrogen) atoms. The molecule has 2 aromatic carbocycles. The molecular formula is C19H18N4O6S2. The van der Waals surface area contributed by atoms with Gasteiger partial charge in [-0.3, -0.25) is 20.2 Å². The Morgan fingerprint density at radius 1 is 1.03 bits per heavy atom. The molecule has 0 bridgehead atoms. The molecule has 12 heteroatoms. The quantitative estimate of drug-likeness (QED) is 0.412. The summed E-state index contributed by atoms with van der Waals surface area (Å²) in [6.45, 7) is 4.80. The van der Waals surface area contributed by atoms with Gasteiger partial charge in [0.1, 0.15) is 10.6 Å².